The fourth-order valence-corrected chi connectivity index (χ4v) is 3.75. The van der Waals surface area contributed by atoms with E-state index in [0.717, 1.165) is 36.8 Å². The van der Waals surface area contributed by atoms with E-state index in [1.54, 1.807) is 18.2 Å². The van der Waals surface area contributed by atoms with Gasteiger partial charge in [-0.1, -0.05) is 49.1 Å². The molecule has 0 saturated heterocycles. The van der Waals surface area contributed by atoms with Crippen molar-refractivity contribution in [3.8, 4) is 17.1 Å². The summed E-state index contributed by atoms with van der Waals surface area (Å²) in [4.78, 5) is 24.7. The molecule has 1 aromatic heterocycles. The number of aryl methyl sites for hydroxylation is 1. The van der Waals surface area contributed by atoms with Crippen molar-refractivity contribution in [2.24, 2.45) is 0 Å². The number of hydrogen-bond acceptors (Lipinski definition) is 4. The third-order valence-electron chi connectivity index (χ3n) is 5.37. The van der Waals surface area contributed by atoms with E-state index in [4.69, 9.17) is 9.15 Å². The van der Waals surface area contributed by atoms with Crippen molar-refractivity contribution in [3.05, 3.63) is 64.3 Å². The van der Waals surface area contributed by atoms with Crippen molar-refractivity contribution in [2.45, 2.75) is 45.1 Å². The molecule has 1 aliphatic carbocycles. The molecule has 1 N–H and O–H groups in total. The van der Waals surface area contributed by atoms with E-state index in [2.05, 4.69) is 5.32 Å². The molecule has 1 saturated carbocycles. The molecule has 0 unspecified atom stereocenters. The molecule has 5 heteroatoms. The monoisotopic (exact) mass is 391 g/mol. The van der Waals surface area contributed by atoms with Gasteiger partial charge in [0.25, 0.3) is 5.91 Å². The van der Waals surface area contributed by atoms with Crippen LogP contribution in [0.15, 0.2) is 57.7 Å². The average molecular weight is 391 g/mol. The molecule has 150 valence electrons. The minimum atomic E-state index is -0.140. The average Bonchev–Trinajstić information content (AvgIpc) is 2.73. The topological polar surface area (TPSA) is 68.5 Å². The normalized spacial score (nSPS) is 14.7. The van der Waals surface area contributed by atoms with E-state index in [0.29, 0.717) is 22.5 Å². The third-order valence-corrected chi connectivity index (χ3v) is 5.37. The Labute approximate surface area is 169 Å². The highest BCUT2D eigenvalue weighted by atomic mass is 16.5. The minimum Gasteiger partial charge on any atom is -0.484 e. The lowest BCUT2D eigenvalue weighted by atomic mass is 9.95. The zero-order valence-electron chi connectivity index (χ0n) is 16.6. The second-order valence-corrected chi connectivity index (χ2v) is 7.69. The number of rotatable bonds is 5. The summed E-state index contributed by atoms with van der Waals surface area (Å²) in [5.41, 5.74) is 2.35. The van der Waals surface area contributed by atoms with Crippen molar-refractivity contribution in [3.63, 3.8) is 0 Å². The number of fused-ring (bicyclic) bond motifs is 1. The molecule has 29 heavy (non-hydrogen) atoms. The lowest BCUT2D eigenvalue weighted by Crippen LogP contribution is -2.38. The maximum absolute atomic E-state index is 12.6. The Morgan fingerprint density at radius 1 is 1.07 bits per heavy atom. The number of benzene rings is 2. The highest BCUT2D eigenvalue weighted by Gasteiger charge is 2.16. The van der Waals surface area contributed by atoms with Crippen molar-refractivity contribution in [1.29, 1.82) is 0 Å². The molecule has 3 aromatic rings. The molecule has 1 heterocycles. The number of carbonyl (C=O) groups is 1. The van der Waals surface area contributed by atoms with Gasteiger partial charge >= 0.3 is 0 Å². The summed E-state index contributed by atoms with van der Waals surface area (Å²) in [5.74, 6) is 0.883. The van der Waals surface area contributed by atoms with Crippen LogP contribution >= 0.6 is 0 Å². The van der Waals surface area contributed by atoms with E-state index >= 15 is 0 Å². The summed E-state index contributed by atoms with van der Waals surface area (Å²) in [7, 11) is 0. The maximum Gasteiger partial charge on any atom is 0.258 e. The lowest BCUT2D eigenvalue weighted by Gasteiger charge is -2.22. The largest absolute Gasteiger partial charge is 0.484 e. The first kappa shape index (κ1) is 19.2. The fraction of sp³-hybridized carbons (Fsp3) is 0.333. The predicted octanol–water partition coefficient (Wildman–Crippen LogP) is 4.60. The van der Waals surface area contributed by atoms with Gasteiger partial charge in [0.05, 0.1) is 5.39 Å². The van der Waals surface area contributed by atoms with Gasteiger partial charge in [-0.15, -0.1) is 0 Å². The van der Waals surface area contributed by atoms with Gasteiger partial charge in [0, 0.05) is 17.7 Å². The predicted molar refractivity (Wildman–Crippen MR) is 113 cm³/mol. The first-order valence-corrected chi connectivity index (χ1v) is 10.2. The number of amides is 1. The molecule has 0 radical (unpaired) electrons. The Bertz CT molecular complexity index is 1060. The van der Waals surface area contributed by atoms with Crippen molar-refractivity contribution in [1.82, 2.24) is 5.32 Å². The summed E-state index contributed by atoms with van der Waals surface area (Å²) in [5, 5.41) is 3.46. The number of carbonyl (C=O) groups excluding carboxylic acids is 1. The molecular formula is C24H25NO4. The molecular weight excluding hydrogens is 366 g/mol. The van der Waals surface area contributed by atoms with Gasteiger partial charge < -0.3 is 14.5 Å². The highest BCUT2D eigenvalue weighted by Crippen LogP contribution is 2.25. The van der Waals surface area contributed by atoms with Crippen LogP contribution in [-0.4, -0.2) is 18.6 Å². The number of hydrogen-bond donors (Lipinski definition) is 1. The van der Waals surface area contributed by atoms with Gasteiger partial charge in [-0.05, 0) is 38.0 Å². The van der Waals surface area contributed by atoms with Gasteiger partial charge in [0.2, 0.25) is 0 Å². The quantitative estimate of drug-likeness (QED) is 0.690. The van der Waals surface area contributed by atoms with Crippen LogP contribution in [0.1, 0.15) is 37.7 Å². The van der Waals surface area contributed by atoms with E-state index in [-0.39, 0.29) is 24.0 Å². The Hall–Kier alpha value is -3.08. The molecule has 2 aromatic carbocycles. The molecule has 0 aliphatic heterocycles. The number of ether oxygens (including phenoxy) is 1. The second kappa shape index (κ2) is 8.52. The molecule has 0 bridgehead atoms. The van der Waals surface area contributed by atoms with Crippen molar-refractivity contribution in [2.75, 3.05) is 6.61 Å². The summed E-state index contributed by atoms with van der Waals surface area (Å²) in [6, 6.07) is 14.6. The summed E-state index contributed by atoms with van der Waals surface area (Å²) >= 11 is 0. The Morgan fingerprint density at radius 2 is 1.83 bits per heavy atom. The van der Waals surface area contributed by atoms with E-state index < -0.39 is 0 Å². The van der Waals surface area contributed by atoms with Crippen LogP contribution in [0.25, 0.3) is 22.3 Å². The minimum absolute atomic E-state index is 0.0607. The van der Waals surface area contributed by atoms with E-state index in [9.17, 15) is 9.59 Å². The zero-order valence-corrected chi connectivity index (χ0v) is 16.6. The Kier molecular flexibility index (Phi) is 5.65. The number of nitrogens with one attached hydrogen (secondary N) is 1. The first-order valence-electron chi connectivity index (χ1n) is 10.2. The van der Waals surface area contributed by atoms with Crippen molar-refractivity contribution < 1.29 is 13.9 Å². The van der Waals surface area contributed by atoms with Crippen LogP contribution in [0.5, 0.6) is 5.75 Å². The SMILES string of the molecule is Cc1ccc(-c2cc(=O)c3cc(OCC(=O)NC4CCCCC4)ccc3o2)cc1. The molecule has 1 amide bonds. The van der Waals surface area contributed by atoms with Crippen LogP contribution in [0.2, 0.25) is 0 Å². The van der Waals surface area contributed by atoms with E-state index in [1.165, 1.54) is 12.5 Å². The Balaban J connectivity index is 1.47. The van der Waals surface area contributed by atoms with Gasteiger partial charge in [0.1, 0.15) is 17.1 Å². The van der Waals surface area contributed by atoms with Crippen LogP contribution in [-0.2, 0) is 4.79 Å². The highest BCUT2D eigenvalue weighted by molar-refractivity contribution is 5.81. The summed E-state index contributed by atoms with van der Waals surface area (Å²) in [6.07, 6.45) is 5.64. The molecule has 5 nitrogen and oxygen atoms in total. The second-order valence-electron chi connectivity index (χ2n) is 7.69. The van der Waals surface area contributed by atoms with Gasteiger partial charge in [-0.2, -0.15) is 0 Å². The van der Waals surface area contributed by atoms with Gasteiger partial charge in [0.15, 0.2) is 12.0 Å². The van der Waals surface area contributed by atoms with Crippen LogP contribution < -0.4 is 15.5 Å². The summed E-state index contributed by atoms with van der Waals surface area (Å²) < 4.78 is 11.5. The maximum atomic E-state index is 12.6. The smallest absolute Gasteiger partial charge is 0.258 e. The van der Waals surface area contributed by atoms with Gasteiger partial charge in [-0.3, -0.25) is 9.59 Å². The van der Waals surface area contributed by atoms with E-state index in [1.807, 2.05) is 31.2 Å². The fourth-order valence-electron chi connectivity index (χ4n) is 3.75. The first-order chi connectivity index (χ1) is 14.1. The standard InChI is InChI=1S/C24H25NO4/c1-16-7-9-17(10-8-16)23-14-21(26)20-13-19(11-12-22(20)29-23)28-15-24(27)25-18-5-3-2-4-6-18/h7-14,18H,2-6,15H2,1H3,(H,25,27). The Morgan fingerprint density at radius 3 is 2.59 bits per heavy atom. The molecule has 0 atom stereocenters. The van der Waals surface area contributed by atoms with Crippen LogP contribution in [0.4, 0.5) is 0 Å². The molecule has 1 aliphatic rings. The summed E-state index contributed by atoms with van der Waals surface area (Å²) in [6.45, 7) is 1.95. The molecule has 1 fully saturated rings. The van der Waals surface area contributed by atoms with Crippen molar-refractivity contribution >= 4 is 16.9 Å². The lowest BCUT2D eigenvalue weighted by molar-refractivity contribution is -0.124. The molecule has 0 spiro atoms. The van der Waals surface area contributed by atoms with Crippen LogP contribution in [0.3, 0.4) is 0 Å². The third kappa shape index (κ3) is 4.67. The molecule has 4 rings (SSSR count). The van der Waals surface area contributed by atoms with Crippen LogP contribution in [0, 0.1) is 6.92 Å². The zero-order chi connectivity index (χ0) is 20.2. The van der Waals surface area contributed by atoms with Gasteiger partial charge in [-0.25, -0.2) is 0 Å².